The van der Waals surface area contributed by atoms with Crippen LogP contribution in [-0.2, 0) is 11.8 Å². The highest BCUT2D eigenvalue weighted by Crippen LogP contribution is 2.33. The first kappa shape index (κ1) is 20.5. The minimum Gasteiger partial charge on any atom is -0.493 e. The molecular formula is C19H22BrNO4S. The molecule has 26 heavy (non-hydrogen) atoms. The van der Waals surface area contributed by atoms with Gasteiger partial charge in [-0.05, 0) is 23.8 Å². The van der Waals surface area contributed by atoms with Gasteiger partial charge >= 0.3 is 0 Å². The van der Waals surface area contributed by atoms with Crippen molar-refractivity contribution in [3.05, 3.63) is 41.7 Å². The van der Waals surface area contributed by atoms with Gasteiger partial charge in [-0.2, -0.15) is 0 Å². The summed E-state index contributed by atoms with van der Waals surface area (Å²) in [7, 11) is 4.80. The molecule has 0 bridgehead atoms. The molecular weight excluding hydrogens is 418 g/mol. The van der Waals surface area contributed by atoms with Crippen LogP contribution in [0.4, 0.5) is 0 Å². The summed E-state index contributed by atoms with van der Waals surface area (Å²) in [6.45, 7) is 5.56. The molecule has 1 heterocycles. The van der Waals surface area contributed by atoms with Crippen molar-refractivity contribution in [2.45, 2.75) is 20.8 Å². The number of nitrogens with zero attached hydrogens (tertiary/aromatic N) is 1. The first-order chi connectivity index (χ1) is 12.1. The summed E-state index contributed by atoms with van der Waals surface area (Å²) in [5.41, 5.74) is 0.149. The maximum absolute atomic E-state index is 12.6. The third kappa shape index (κ3) is 4.27. The van der Waals surface area contributed by atoms with E-state index in [1.54, 1.807) is 39.5 Å². The summed E-state index contributed by atoms with van der Waals surface area (Å²) in [6, 6.07) is 3.59. The van der Waals surface area contributed by atoms with Crippen LogP contribution in [0.5, 0.6) is 11.5 Å². The molecule has 0 aliphatic heterocycles. The van der Waals surface area contributed by atoms with Crippen molar-refractivity contribution in [1.29, 1.82) is 0 Å². The lowest BCUT2D eigenvalue weighted by Gasteiger charge is -2.12. The number of hydrogen-bond donors (Lipinski definition) is 0. The number of Topliss-reactive ketones (excluding diaryl/α,β-unsaturated/α-hetero) is 1. The van der Waals surface area contributed by atoms with Crippen LogP contribution in [0.15, 0.2) is 21.4 Å². The van der Waals surface area contributed by atoms with Gasteiger partial charge < -0.3 is 14.0 Å². The molecule has 5 nitrogen and oxygen atoms in total. The van der Waals surface area contributed by atoms with Crippen molar-refractivity contribution in [2.24, 2.45) is 12.5 Å². The fraction of sp³-hybridized carbons (Fsp3) is 0.368. The lowest BCUT2D eigenvalue weighted by molar-refractivity contribution is -0.120. The van der Waals surface area contributed by atoms with Crippen molar-refractivity contribution in [2.75, 3.05) is 14.2 Å². The minimum absolute atomic E-state index is 0.0202. The van der Waals surface area contributed by atoms with E-state index < -0.39 is 5.41 Å². The number of carbonyl (C=O) groups is 1. The van der Waals surface area contributed by atoms with Gasteiger partial charge in [0.05, 0.1) is 18.8 Å². The molecule has 0 unspecified atom stereocenters. The van der Waals surface area contributed by atoms with Crippen LogP contribution in [0, 0.1) is 5.41 Å². The first-order valence-electron chi connectivity index (χ1n) is 7.93. The second-order valence-electron chi connectivity index (χ2n) is 6.80. The Morgan fingerprint density at radius 1 is 1.19 bits per heavy atom. The summed E-state index contributed by atoms with van der Waals surface area (Å²) in [6.07, 6.45) is 3.31. The Balaban J connectivity index is 2.65. The van der Waals surface area contributed by atoms with E-state index in [-0.39, 0.29) is 11.3 Å². The zero-order valence-corrected chi connectivity index (χ0v) is 18.1. The van der Waals surface area contributed by atoms with Crippen molar-refractivity contribution in [1.82, 2.24) is 4.57 Å². The number of carbonyl (C=O) groups excluding carboxylic acids is 1. The summed E-state index contributed by atoms with van der Waals surface area (Å²) in [4.78, 5) is 24.8. The largest absolute Gasteiger partial charge is 0.493 e. The average Bonchev–Trinajstić information content (AvgIpc) is 2.83. The predicted octanol–water partition coefficient (Wildman–Crippen LogP) is 2.45. The molecule has 7 heteroatoms. The number of aromatic nitrogens is 1. The Labute approximate surface area is 164 Å². The quantitative estimate of drug-likeness (QED) is 0.733. The van der Waals surface area contributed by atoms with Crippen LogP contribution >= 0.6 is 27.3 Å². The number of ketones is 1. The summed E-state index contributed by atoms with van der Waals surface area (Å²) >= 11 is 4.78. The number of hydrogen-bond acceptors (Lipinski definition) is 5. The highest BCUT2D eigenvalue weighted by molar-refractivity contribution is 9.10. The Hall–Kier alpha value is -1.86. The zero-order valence-electron chi connectivity index (χ0n) is 15.7. The zero-order chi connectivity index (χ0) is 19.6. The monoisotopic (exact) mass is 439 g/mol. The maximum atomic E-state index is 12.6. The third-order valence-corrected chi connectivity index (χ3v) is 5.64. The minimum atomic E-state index is -0.490. The van der Waals surface area contributed by atoms with Gasteiger partial charge in [0.1, 0.15) is 4.66 Å². The predicted molar refractivity (Wildman–Crippen MR) is 109 cm³/mol. The molecule has 0 saturated carbocycles. The standard InChI is InChI=1S/C19H22BrNO4S/c1-19(2,3)16(22)10-17-21(4)18(23)15(26-17)8-11-7-13(24-5)14(25-6)9-12(11)20/h7-10H,1-6H3/b15-8+,17-10+. The molecule has 0 fully saturated rings. The van der Waals surface area contributed by atoms with E-state index >= 15 is 0 Å². The molecule has 2 aromatic rings. The van der Waals surface area contributed by atoms with Gasteiger partial charge in [0.15, 0.2) is 17.3 Å². The molecule has 0 saturated heterocycles. The van der Waals surface area contributed by atoms with E-state index in [4.69, 9.17) is 9.47 Å². The van der Waals surface area contributed by atoms with E-state index in [0.717, 1.165) is 10.0 Å². The van der Waals surface area contributed by atoms with Gasteiger partial charge in [0.2, 0.25) is 0 Å². The molecule has 0 aliphatic rings. The van der Waals surface area contributed by atoms with Crippen molar-refractivity contribution in [3.8, 4) is 11.5 Å². The van der Waals surface area contributed by atoms with Crippen molar-refractivity contribution in [3.63, 3.8) is 0 Å². The molecule has 0 radical (unpaired) electrons. The molecule has 0 amide bonds. The summed E-state index contributed by atoms with van der Waals surface area (Å²) < 4.78 is 14.0. The van der Waals surface area contributed by atoms with Crippen LogP contribution in [0.2, 0.25) is 0 Å². The number of rotatable bonds is 4. The van der Waals surface area contributed by atoms with Gasteiger partial charge in [-0.15, -0.1) is 11.3 Å². The SMILES string of the molecule is COc1cc(Br)c(/C=c2/s/c(=C/C(=O)C(C)(C)C)n(C)c2=O)cc1OC. The van der Waals surface area contributed by atoms with E-state index in [0.29, 0.717) is 20.7 Å². The number of thiazole rings is 1. The molecule has 1 aromatic carbocycles. The lowest BCUT2D eigenvalue weighted by Crippen LogP contribution is -2.30. The summed E-state index contributed by atoms with van der Waals surface area (Å²) in [5.74, 6) is 1.15. The molecule has 1 aromatic heterocycles. The lowest BCUT2D eigenvalue weighted by atomic mass is 9.91. The Morgan fingerprint density at radius 2 is 1.77 bits per heavy atom. The Bertz CT molecular complexity index is 1010. The summed E-state index contributed by atoms with van der Waals surface area (Å²) in [5, 5.41) is 0. The molecule has 0 atom stereocenters. The second-order valence-corrected chi connectivity index (χ2v) is 8.72. The fourth-order valence-electron chi connectivity index (χ4n) is 2.16. The van der Waals surface area contributed by atoms with Gasteiger partial charge in [-0.3, -0.25) is 9.59 Å². The Kier molecular flexibility index (Phi) is 6.13. The third-order valence-electron chi connectivity index (χ3n) is 3.84. The molecule has 0 spiro atoms. The van der Waals surface area contributed by atoms with Crippen molar-refractivity contribution >= 4 is 45.2 Å². The van der Waals surface area contributed by atoms with E-state index in [9.17, 15) is 9.59 Å². The highest BCUT2D eigenvalue weighted by Gasteiger charge is 2.19. The van der Waals surface area contributed by atoms with Gasteiger partial charge in [-0.25, -0.2) is 0 Å². The van der Waals surface area contributed by atoms with Crippen LogP contribution in [0.1, 0.15) is 26.3 Å². The smallest absolute Gasteiger partial charge is 0.268 e. The molecule has 0 N–H and O–H groups in total. The van der Waals surface area contributed by atoms with Crippen LogP contribution in [0.25, 0.3) is 12.2 Å². The van der Waals surface area contributed by atoms with Crippen LogP contribution < -0.4 is 24.2 Å². The first-order valence-corrected chi connectivity index (χ1v) is 9.54. The number of halogens is 1. The number of methoxy groups -OCH3 is 2. The van der Waals surface area contributed by atoms with E-state index in [1.165, 1.54) is 22.0 Å². The van der Waals surface area contributed by atoms with Crippen LogP contribution in [0.3, 0.4) is 0 Å². The van der Waals surface area contributed by atoms with Gasteiger partial charge in [0, 0.05) is 23.0 Å². The van der Waals surface area contributed by atoms with Crippen molar-refractivity contribution < 1.29 is 14.3 Å². The maximum Gasteiger partial charge on any atom is 0.268 e. The van der Waals surface area contributed by atoms with Gasteiger partial charge in [0.25, 0.3) is 5.56 Å². The Morgan fingerprint density at radius 3 is 2.31 bits per heavy atom. The topological polar surface area (TPSA) is 57.5 Å². The average molecular weight is 440 g/mol. The normalized spacial score (nSPS) is 13.2. The van der Waals surface area contributed by atoms with E-state index in [1.807, 2.05) is 20.8 Å². The molecule has 2 rings (SSSR count). The number of benzene rings is 1. The van der Waals surface area contributed by atoms with Gasteiger partial charge in [-0.1, -0.05) is 36.7 Å². The highest BCUT2D eigenvalue weighted by atomic mass is 79.9. The number of ether oxygens (including phenoxy) is 2. The van der Waals surface area contributed by atoms with Crippen LogP contribution in [-0.4, -0.2) is 24.6 Å². The molecule has 140 valence electrons. The molecule has 0 aliphatic carbocycles. The second kappa shape index (κ2) is 7.80. The van der Waals surface area contributed by atoms with E-state index in [2.05, 4.69) is 15.9 Å². The fourth-order valence-corrected chi connectivity index (χ4v) is 3.62.